The normalized spacial score (nSPS) is 10.7. The zero-order chi connectivity index (χ0) is 11.5. The van der Waals surface area contributed by atoms with E-state index in [2.05, 4.69) is 17.1 Å². The summed E-state index contributed by atoms with van der Waals surface area (Å²) in [5, 5.41) is 7.88. The van der Waals surface area contributed by atoms with Crippen LogP contribution in [0, 0.1) is 5.82 Å². The largest absolute Gasteiger partial charge is 0.314 e. The Labute approximate surface area is 97.9 Å². The summed E-state index contributed by atoms with van der Waals surface area (Å²) in [7, 11) is 0. The van der Waals surface area contributed by atoms with Gasteiger partial charge in [-0.15, -0.1) is 10.2 Å². The van der Waals surface area contributed by atoms with E-state index in [0.29, 0.717) is 11.4 Å². The standard InChI is InChI=1S/C11H11ClFN3/c1-2-6-16-7-14-15-11(16)8-4-3-5-9(13)10(8)12/h3-5,7H,2,6H2,1H3. The lowest BCUT2D eigenvalue weighted by atomic mass is 10.2. The molecule has 16 heavy (non-hydrogen) atoms. The van der Waals surface area contributed by atoms with E-state index in [9.17, 15) is 4.39 Å². The van der Waals surface area contributed by atoms with Gasteiger partial charge in [0.05, 0.1) is 5.02 Å². The second-order valence-electron chi connectivity index (χ2n) is 3.45. The fourth-order valence-corrected chi connectivity index (χ4v) is 1.76. The van der Waals surface area contributed by atoms with Gasteiger partial charge in [0, 0.05) is 12.1 Å². The summed E-state index contributed by atoms with van der Waals surface area (Å²) in [6, 6.07) is 4.68. The van der Waals surface area contributed by atoms with E-state index in [1.165, 1.54) is 6.07 Å². The molecule has 0 saturated carbocycles. The molecule has 3 nitrogen and oxygen atoms in total. The van der Waals surface area contributed by atoms with Crippen LogP contribution in [-0.4, -0.2) is 14.8 Å². The average Bonchev–Trinajstić information content (AvgIpc) is 2.71. The van der Waals surface area contributed by atoms with Gasteiger partial charge in [0.2, 0.25) is 0 Å². The van der Waals surface area contributed by atoms with E-state index in [0.717, 1.165) is 13.0 Å². The fraction of sp³-hybridized carbons (Fsp3) is 0.273. The van der Waals surface area contributed by atoms with Crippen LogP contribution in [0.2, 0.25) is 5.02 Å². The van der Waals surface area contributed by atoms with E-state index >= 15 is 0 Å². The molecule has 5 heteroatoms. The number of aryl methyl sites for hydroxylation is 1. The zero-order valence-corrected chi connectivity index (χ0v) is 9.58. The molecule has 1 heterocycles. The van der Waals surface area contributed by atoms with Crippen molar-refractivity contribution in [3.63, 3.8) is 0 Å². The average molecular weight is 240 g/mol. The first-order valence-electron chi connectivity index (χ1n) is 5.06. The molecule has 0 amide bonds. The van der Waals surface area contributed by atoms with Crippen molar-refractivity contribution in [1.82, 2.24) is 14.8 Å². The first kappa shape index (κ1) is 11.1. The number of benzene rings is 1. The molecule has 0 aliphatic carbocycles. The molecular weight excluding hydrogens is 229 g/mol. The predicted molar refractivity (Wildman–Crippen MR) is 60.7 cm³/mol. The van der Waals surface area contributed by atoms with Gasteiger partial charge in [-0.25, -0.2) is 4.39 Å². The quantitative estimate of drug-likeness (QED) is 0.824. The number of hydrogen-bond acceptors (Lipinski definition) is 2. The van der Waals surface area contributed by atoms with Crippen LogP contribution in [-0.2, 0) is 6.54 Å². The molecule has 1 aromatic heterocycles. The van der Waals surface area contributed by atoms with Gasteiger partial charge in [0.1, 0.15) is 12.1 Å². The van der Waals surface area contributed by atoms with Crippen LogP contribution in [0.15, 0.2) is 24.5 Å². The van der Waals surface area contributed by atoms with Gasteiger partial charge in [-0.2, -0.15) is 0 Å². The lowest BCUT2D eigenvalue weighted by Crippen LogP contribution is -1.99. The molecule has 0 aliphatic heterocycles. The van der Waals surface area contributed by atoms with Crippen LogP contribution in [0.1, 0.15) is 13.3 Å². The summed E-state index contributed by atoms with van der Waals surface area (Å²) in [5.74, 6) is 0.163. The molecule has 0 N–H and O–H groups in total. The minimum absolute atomic E-state index is 0.0906. The first-order chi connectivity index (χ1) is 7.74. The maximum atomic E-state index is 13.3. The molecule has 84 valence electrons. The van der Waals surface area contributed by atoms with Crippen molar-refractivity contribution in [1.29, 1.82) is 0 Å². The summed E-state index contributed by atoms with van der Waals surface area (Å²) in [5.41, 5.74) is 0.576. The first-order valence-corrected chi connectivity index (χ1v) is 5.44. The van der Waals surface area contributed by atoms with Crippen LogP contribution in [0.3, 0.4) is 0 Å². The zero-order valence-electron chi connectivity index (χ0n) is 8.82. The molecule has 0 aliphatic rings. The molecular formula is C11H11ClFN3. The van der Waals surface area contributed by atoms with Gasteiger partial charge in [-0.05, 0) is 18.6 Å². The van der Waals surface area contributed by atoms with Crippen LogP contribution in [0.4, 0.5) is 4.39 Å². The SMILES string of the molecule is CCCn1cnnc1-c1cccc(F)c1Cl. The van der Waals surface area contributed by atoms with Crippen molar-refractivity contribution in [3.05, 3.63) is 35.4 Å². The highest BCUT2D eigenvalue weighted by Gasteiger charge is 2.13. The number of rotatable bonds is 3. The number of nitrogens with zero attached hydrogens (tertiary/aromatic N) is 3. The van der Waals surface area contributed by atoms with Crippen molar-refractivity contribution in [3.8, 4) is 11.4 Å². The Bertz CT molecular complexity index is 496. The maximum Gasteiger partial charge on any atom is 0.165 e. The minimum atomic E-state index is -0.440. The molecule has 2 rings (SSSR count). The Morgan fingerprint density at radius 3 is 3.00 bits per heavy atom. The number of aromatic nitrogens is 3. The van der Waals surface area contributed by atoms with Gasteiger partial charge in [0.15, 0.2) is 5.82 Å². The molecule has 0 unspecified atom stereocenters. The van der Waals surface area contributed by atoms with Crippen molar-refractivity contribution in [2.24, 2.45) is 0 Å². The minimum Gasteiger partial charge on any atom is -0.314 e. The third kappa shape index (κ3) is 1.93. The molecule has 0 radical (unpaired) electrons. The summed E-state index contributed by atoms with van der Waals surface area (Å²) in [4.78, 5) is 0. The van der Waals surface area contributed by atoms with Crippen LogP contribution in [0.5, 0.6) is 0 Å². The van der Waals surface area contributed by atoms with Gasteiger partial charge in [0.25, 0.3) is 0 Å². The Hall–Kier alpha value is -1.42. The smallest absolute Gasteiger partial charge is 0.165 e. The monoisotopic (exact) mass is 239 g/mol. The van der Waals surface area contributed by atoms with Crippen molar-refractivity contribution < 1.29 is 4.39 Å². The summed E-state index contributed by atoms with van der Waals surface area (Å²) in [6.45, 7) is 2.84. The third-order valence-electron chi connectivity index (χ3n) is 2.27. The van der Waals surface area contributed by atoms with E-state index in [1.54, 1.807) is 18.5 Å². The molecule has 0 atom stereocenters. The Morgan fingerprint density at radius 1 is 1.44 bits per heavy atom. The highest BCUT2D eigenvalue weighted by atomic mass is 35.5. The van der Waals surface area contributed by atoms with E-state index in [4.69, 9.17) is 11.6 Å². The lowest BCUT2D eigenvalue weighted by molar-refractivity contribution is 0.628. The molecule has 0 bridgehead atoms. The van der Waals surface area contributed by atoms with Crippen molar-refractivity contribution in [2.75, 3.05) is 0 Å². The second kappa shape index (κ2) is 4.61. The van der Waals surface area contributed by atoms with Gasteiger partial charge >= 0.3 is 0 Å². The predicted octanol–water partition coefficient (Wildman–Crippen LogP) is 3.15. The lowest BCUT2D eigenvalue weighted by Gasteiger charge is -2.06. The van der Waals surface area contributed by atoms with Crippen LogP contribution in [0.25, 0.3) is 11.4 Å². The van der Waals surface area contributed by atoms with Gasteiger partial charge < -0.3 is 4.57 Å². The third-order valence-corrected chi connectivity index (χ3v) is 2.66. The Kier molecular flexibility index (Phi) is 3.19. The highest BCUT2D eigenvalue weighted by molar-refractivity contribution is 6.33. The molecule has 0 saturated heterocycles. The Balaban J connectivity index is 2.50. The Morgan fingerprint density at radius 2 is 2.25 bits per heavy atom. The topological polar surface area (TPSA) is 30.7 Å². The van der Waals surface area contributed by atoms with Crippen molar-refractivity contribution >= 4 is 11.6 Å². The molecule has 0 spiro atoms. The van der Waals surface area contributed by atoms with Crippen molar-refractivity contribution in [2.45, 2.75) is 19.9 Å². The highest BCUT2D eigenvalue weighted by Crippen LogP contribution is 2.28. The van der Waals surface area contributed by atoms with Crippen LogP contribution < -0.4 is 0 Å². The number of halogens is 2. The van der Waals surface area contributed by atoms with Gasteiger partial charge in [-0.1, -0.05) is 24.6 Å². The maximum absolute atomic E-state index is 13.3. The molecule has 0 fully saturated rings. The molecule has 1 aromatic carbocycles. The van der Waals surface area contributed by atoms with E-state index in [-0.39, 0.29) is 5.02 Å². The number of hydrogen-bond donors (Lipinski definition) is 0. The summed E-state index contributed by atoms with van der Waals surface area (Å²) < 4.78 is 15.2. The summed E-state index contributed by atoms with van der Waals surface area (Å²) in [6.07, 6.45) is 2.58. The molecule has 2 aromatic rings. The van der Waals surface area contributed by atoms with Gasteiger partial charge in [-0.3, -0.25) is 0 Å². The van der Waals surface area contributed by atoms with E-state index < -0.39 is 5.82 Å². The van der Waals surface area contributed by atoms with E-state index in [1.807, 2.05) is 4.57 Å². The summed E-state index contributed by atoms with van der Waals surface area (Å²) >= 11 is 5.90. The second-order valence-corrected chi connectivity index (χ2v) is 3.83. The fourth-order valence-electron chi connectivity index (χ4n) is 1.54. The van der Waals surface area contributed by atoms with Crippen LogP contribution >= 0.6 is 11.6 Å².